The Balaban J connectivity index is 1.87. The van der Waals surface area contributed by atoms with Gasteiger partial charge in [-0.25, -0.2) is 17.5 Å². The molecule has 3 rings (SSSR count). The van der Waals surface area contributed by atoms with E-state index in [0.717, 1.165) is 12.8 Å². The number of halogens is 1. The Kier molecular flexibility index (Phi) is 3.80. The Bertz CT molecular complexity index is 632. The average molecular weight is 313 g/mol. The fourth-order valence-corrected chi connectivity index (χ4v) is 4.94. The highest BCUT2D eigenvalue weighted by molar-refractivity contribution is 7.89. The van der Waals surface area contributed by atoms with Gasteiger partial charge in [0.1, 0.15) is 5.82 Å². The van der Waals surface area contributed by atoms with E-state index in [1.807, 2.05) is 0 Å². The summed E-state index contributed by atoms with van der Waals surface area (Å²) in [5.74, 6) is 0.0691. The summed E-state index contributed by atoms with van der Waals surface area (Å²) in [5, 5.41) is 0. The van der Waals surface area contributed by atoms with Gasteiger partial charge in [0.25, 0.3) is 0 Å². The molecule has 0 amide bonds. The zero-order valence-electron chi connectivity index (χ0n) is 12.2. The summed E-state index contributed by atoms with van der Waals surface area (Å²) in [6.07, 6.45) is 2.90. The quantitative estimate of drug-likeness (QED) is 0.928. The van der Waals surface area contributed by atoms with Crippen molar-refractivity contribution in [2.45, 2.75) is 50.2 Å². The summed E-state index contributed by atoms with van der Waals surface area (Å²) >= 11 is 0. The van der Waals surface area contributed by atoms with Crippen molar-refractivity contribution in [2.75, 3.05) is 6.61 Å². The van der Waals surface area contributed by atoms with Crippen LogP contribution >= 0.6 is 0 Å². The normalized spacial score (nSPS) is 26.2. The third-order valence-electron chi connectivity index (χ3n) is 4.22. The molecular weight excluding hydrogens is 293 g/mol. The first-order valence-electron chi connectivity index (χ1n) is 7.29. The number of nitrogens with one attached hydrogen (secondary N) is 1. The van der Waals surface area contributed by atoms with Gasteiger partial charge in [-0.2, -0.15) is 0 Å². The van der Waals surface area contributed by atoms with E-state index in [1.165, 1.54) is 12.1 Å². The monoisotopic (exact) mass is 313 g/mol. The van der Waals surface area contributed by atoms with Gasteiger partial charge in [0.05, 0.1) is 17.0 Å². The van der Waals surface area contributed by atoms with Gasteiger partial charge >= 0.3 is 0 Å². The van der Waals surface area contributed by atoms with E-state index >= 15 is 0 Å². The van der Waals surface area contributed by atoms with Crippen LogP contribution in [0.15, 0.2) is 17.0 Å². The lowest BCUT2D eigenvalue weighted by Crippen LogP contribution is -2.41. The summed E-state index contributed by atoms with van der Waals surface area (Å²) in [5.41, 5.74) is 0.865. The summed E-state index contributed by atoms with van der Waals surface area (Å²) in [7, 11) is -3.66. The Labute approximate surface area is 124 Å². The first kappa shape index (κ1) is 14.9. The van der Waals surface area contributed by atoms with Gasteiger partial charge in [0, 0.05) is 6.61 Å². The van der Waals surface area contributed by atoms with Gasteiger partial charge in [-0.1, -0.05) is 0 Å². The molecule has 116 valence electrons. The van der Waals surface area contributed by atoms with Gasteiger partial charge in [0.2, 0.25) is 10.0 Å². The Hall–Kier alpha value is -0.980. The minimum atomic E-state index is -3.66. The van der Waals surface area contributed by atoms with Crippen LogP contribution in [0.3, 0.4) is 0 Å². The second-order valence-electron chi connectivity index (χ2n) is 6.06. The Morgan fingerprint density at radius 3 is 2.38 bits per heavy atom. The molecule has 2 fully saturated rings. The smallest absolute Gasteiger partial charge is 0.241 e. The van der Waals surface area contributed by atoms with Gasteiger partial charge in [-0.15, -0.1) is 0 Å². The number of benzene rings is 1. The molecule has 0 spiro atoms. The van der Waals surface area contributed by atoms with Gasteiger partial charge in [-0.05, 0) is 62.3 Å². The maximum absolute atomic E-state index is 13.3. The third-order valence-corrected chi connectivity index (χ3v) is 6.02. The number of hydrogen-bond acceptors (Lipinski definition) is 3. The highest BCUT2D eigenvalue weighted by atomic mass is 32.2. The van der Waals surface area contributed by atoms with Crippen molar-refractivity contribution < 1.29 is 17.5 Å². The molecule has 1 aliphatic carbocycles. The van der Waals surface area contributed by atoms with Crippen molar-refractivity contribution in [1.82, 2.24) is 4.72 Å². The van der Waals surface area contributed by atoms with Crippen molar-refractivity contribution in [3.63, 3.8) is 0 Å². The molecule has 6 heteroatoms. The molecule has 1 aromatic carbocycles. The van der Waals surface area contributed by atoms with E-state index in [4.69, 9.17) is 4.74 Å². The lowest BCUT2D eigenvalue weighted by atomic mass is 10.1. The summed E-state index contributed by atoms with van der Waals surface area (Å²) < 4.78 is 47.1. The molecular formula is C15H20FNO3S. The van der Waals surface area contributed by atoms with E-state index < -0.39 is 15.8 Å². The molecule has 2 unspecified atom stereocenters. The number of aryl methyl sites for hydroxylation is 2. The van der Waals surface area contributed by atoms with Crippen LogP contribution in [0.4, 0.5) is 4.39 Å². The molecule has 4 nitrogen and oxygen atoms in total. The zero-order valence-corrected chi connectivity index (χ0v) is 13.0. The van der Waals surface area contributed by atoms with Crippen molar-refractivity contribution in [3.8, 4) is 0 Å². The summed E-state index contributed by atoms with van der Waals surface area (Å²) in [6, 6.07) is 2.34. The SMILES string of the molecule is Cc1cc(F)cc(C)c1S(=O)(=O)NC1CCOC1C1CC1. The second-order valence-corrected chi connectivity index (χ2v) is 7.71. The topological polar surface area (TPSA) is 55.4 Å². The minimum Gasteiger partial charge on any atom is -0.376 e. The molecule has 1 heterocycles. The number of hydrogen-bond donors (Lipinski definition) is 1. The van der Waals surface area contributed by atoms with Crippen molar-refractivity contribution in [2.24, 2.45) is 5.92 Å². The lowest BCUT2D eigenvalue weighted by Gasteiger charge is -2.21. The number of sulfonamides is 1. The van der Waals surface area contributed by atoms with Gasteiger partial charge in [-0.3, -0.25) is 0 Å². The maximum Gasteiger partial charge on any atom is 0.241 e. The molecule has 0 bridgehead atoms. The molecule has 1 aliphatic heterocycles. The van der Waals surface area contributed by atoms with Crippen LogP contribution in [0.25, 0.3) is 0 Å². The molecule has 2 aliphatic rings. The van der Waals surface area contributed by atoms with Crippen LogP contribution in [0.2, 0.25) is 0 Å². The van der Waals surface area contributed by atoms with Crippen LogP contribution in [0, 0.1) is 25.6 Å². The van der Waals surface area contributed by atoms with E-state index in [2.05, 4.69) is 4.72 Å². The number of ether oxygens (including phenoxy) is 1. The third kappa shape index (κ3) is 2.98. The first-order chi connectivity index (χ1) is 9.88. The Morgan fingerprint density at radius 1 is 1.19 bits per heavy atom. The fourth-order valence-electron chi connectivity index (χ4n) is 3.21. The summed E-state index contributed by atoms with van der Waals surface area (Å²) in [6.45, 7) is 3.83. The highest BCUT2D eigenvalue weighted by Gasteiger charge is 2.42. The maximum atomic E-state index is 13.3. The Morgan fingerprint density at radius 2 is 1.81 bits per heavy atom. The van der Waals surface area contributed by atoms with Crippen LogP contribution in [0.1, 0.15) is 30.4 Å². The van der Waals surface area contributed by atoms with E-state index in [9.17, 15) is 12.8 Å². The van der Waals surface area contributed by atoms with Gasteiger partial charge in [0.15, 0.2) is 0 Å². The molecule has 1 aromatic rings. The standard InChI is InChI=1S/C15H20FNO3S/c1-9-7-12(16)8-10(2)15(9)21(18,19)17-13-5-6-20-14(13)11-3-4-11/h7-8,11,13-14,17H,3-6H2,1-2H3. The summed E-state index contributed by atoms with van der Waals surface area (Å²) in [4.78, 5) is 0.186. The van der Waals surface area contributed by atoms with E-state index in [-0.39, 0.29) is 17.0 Å². The predicted molar refractivity (Wildman–Crippen MR) is 77.1 cm³/mol. The van der Waals surface area contributed by atoms with Crippen LogP contribution in [-0.4, -0.2) is 27.2 Å². The van der Waals surface area contributed by atoms with Crippen LogP contribution in [-0.2, 0) is 14.8 Å². The average Bonchev–Trinajstić information content (AvgIpc) is 3.08. The highest BCUT2D eigenvalue weighted by Crippen LogP contribution is 2.39. The zero-order chi connectivity index (χ0) is 15.2. The molecule has 1 N–H and O–H groups in total. The van der Waals surface area contributed by atoms with E-state index in [0.29, 0.717) is 30.1 Å². The largest absolute Gasteiger partial charge is 0.376 e. The predicted octanol–water partition coefficient (Wildman–Crippen LogP) is 2.29. The van der Waals surface area contributed by atoms with Crippen LogP contribution < -0.4 is 4.72 Å². The molecule has 21 heavy (non-hydrogen) atoms. The van der Waals surface area contributed by atoms with Crippen LogP contribution in [0.5, 0.6) is 0 Å². The molecule has 0 aromatic heterocycles. The molecule has 2 atom stereocenters. The molecule has 1 saturated carbocycles. The second kappa shape index (κ2) is 5.34. The lowest BCUT2D eigenvalue weighted by molar-refractivity contribution is 0.0848. The molecule has 1 saturated heterocycles. The van der Waals surface area contributed by atoms with Crippen molar-refractivity contribution in [1.29, 1.82) is 0 Å². The van der Waals surface area contributed by atoms with E-state index in [1.54, 1.807) is 13.8 Å². The van der Waals surface area contributed by atoms with Crippen molar-refractivity contribution >= 4 is 10.0 Å². The number of rotatable bonds is 4. The van der Waals surface area contributed by atoms with Gasteiger partial charge < -0.3 is 4.74 Å². The first-order valence-corrected chi connectivity index (χ1v) is 8.77. The molecule has 0 radical (unpaired) electrons. The van der Waals surface area contributed by atoms with Crippen molar-refractivity contribution in [3.05, 3.63) is 29.1 Å². The minimum absolute atomic E-state index is 0.0131. The fraction of sp³-hybridized carbons (Fsp3) is 0.600.